The maximum atomic E-state index is 12.0. The molecule has 0 saturated heterocycles. The Morgan fingerprint density at radius 1 is 1.16 bits per heavy atom. The average molecular weight is 257 g/mol. The lowest BCUT2D eigenvalue weighted by Gasteiger charge is -2.07. The van der Waals surface area contributed by atoms with Gasteiger partial charge in [-0.3, -0.25) is 9.59 Å². The van der Waals surface area contributed by atoms with Crippen LogP contribution in [0.3, 0.4) is 0 Å². The van der Waals surface area contributed by atoms with E-state index in [2.05, 4.69) is 15.3 Å². The van der Waals surface area contributed by atoms with Crippen LogP contribution in [0.1, 0.15) is 27.4 Å². The third-order valence-corrected chi connectivity index (χ3v) is 2.77. The fourth-order valence-electron chi connectivity index (χ4n) is 1.76. The first kappa shape index (κ1) is 13.0. The maximum Gasteiger partial charge on any atom is 0.274 e. The van der Waals surface area contributed by atoms with Crippen molar-refractivity contribution in [3.63, 3.8) is 0 Å². The number of benzene rings is 1. The standard InChI is InChI=1S/C14H15N3O2/c1-8-4-6-11(7-5-8)13(18)17-12-9(2)15-10(3)16-14(12)19/h4-7H,1-3H3,(H,17,18)(H,15,16,19). The zero-order valence-corrected chi connectivity index (χ0v) is 11.1. The third-order valence-electron chi connectivity index (χ3n) is 2.77. The molecule has 0 aliphatic heterocycles. The summed E-state index contributed by atoms with van der Waals surface area (Å²) in [5, 5.41) is 2.60. The van der Waals surface area contributed by atoms with E-state index in [0.29, 0.717) is 17.1 Å². The number of nitrogens with one attached hydrogen (secondary N) is 2. The average Bonchev–Trinajstić information content (AvgIpc) is 2.34. The number of H-pyrrole nitrogens is 1. The van der Waals surface area contributed by atoms with E-state index in [1.54, 1.807) is 26.0 Å². The molecule has 0 radical (unpaired) electrons. The number of rotatable bonds is 2. The summed E-state index contributed by atoms with van der Waals surface area (Å²) >= 11 is 0. The Kier molecular flexibility index (Phi) is 3.46. The first-order valence-corrected chi connectivity index (χ1v) is 5.93. The van der Waals surface area contributed by atoms with Crippen LogP contribution in [0, 0.1) is 20.8 Å². The molecular formula is C14H15N3O2. The van der Waals surface area contributed by atoms with E-state index in [1.165, 1.54) is 0 Å². The molecule has 0 aliphatic carbocycles. The smallest absolute Gasteiger partial charge is 0.274 e. The van der Waals surface area contributed by atoms with E-state index in [0.717, 1.165) is 5.56 Å². The normalized spacial score (nSPS) is 10.3. The lowest BCUT2D eigenvalue weighted by atomic mass is 10.1. The number of aryl methyl sites for hydroxylation is 3. The minimum Gasteiger partial charge on any atom is -0.316 e. The zero-order valence-electron chi connectivity index (χ0n) is 11.1. The summed E-state index contributed by atoms with van der Waals surface area (Å²) in [6.45, 7) is 5.33. The largest absolute Gasteiger partial charge is 0.316 e. The molecule has 0 aliphatic rings. The van der Waals surface area contributed by atoms with Crippen molar-refractivity contribution in [2.45, 2.75) is 20.8 Å². The molecule has 5 nitrogen and oxygen atoms in total. The predicted molar refractivity (Wildman–Crippen MR) is 73.5 cm³/mol. The van der Waals surface area contributed by atoms with E-state index in [9.17, 15) is 9.59 Å². The summed E-state index contributed by atoms with van der Waals surface area (Å²) in [4.78, 5) is 30.5. The van der Waals surface area contributed by atoms with Crippen LogP contribution in [0.5, 0.6) is 0 Å². The number of hydrogen-bond acceptors (Lipinski definition) is 3. The van der Waals surface area contributed by atoms with Crippen LogP contribution in [0.25, 0.3) is 0 Å². The summed E-state index contributed by atoms with van der Waals surface area (Å²) in [5.41, 5.74) is 1.93. The topological polar surface area (TPSA) is 74.8 Å². The van der Waals surface area contributed by atoms with Gasteiger partial charge in [-0.2, -0.15) is 0 Å². The van der Waals surface area contributed by atoms with Gasteiger partial charge in [-0.1, -0.05) is 17.7 Å². The number of carbonyl (C=O) groups excluding carboxylic acids is 1. The van der Waals surface area contributed by atoms with Crippen LogP contribution in [0.2, 0.25) is 0 Å². The molecule has 2 N–H and O–H groups in total. The number of anilines is 1. The Bertz CT molecular complexity index is 672. The Hall–Kier alpha value is -2.43. The molecule has 0 unspecified atom stereocenters. The van der Waals surface area contributed by atoms with Gasteiger partial charge in [0.1, 0.15) is 11.5 Å². The summed E-state index contributed by atoms with van der Waals surface area (Å²) in [6.07, 6.45) is 0. The van der Waals surface area contributed by atoms with Crippen LogP contribution in [-0.2, 0) is 0 Å². The van der Waals surface area contributed by atoms with E-state index in [-0.39, 0.29) is 17.2 Å². The minimum atomic E-state index is -0.342. The van der Waals surface area contributed by atoms with Gasteiger partial charge in [0.2, 0.25) is 0 Å². The molecular weight excluding hydrogens is 242 g/mol. The lowest BCUT2D eigenvalue weighted by molar-refractivity contribution is 0.102. The van der Waals surface area contributed by atoms with Crippen molar-refractivity contribution in [3.05, 3.63) is 57.3 Å². The van der Waals surface area contributed by atoms with Crippen LogP contribution in [-0.4, -0.2) is 15.9 Å². The van der Waals surface area contributed by atoms with Gasteiger partial charge < -0.3 is 10.3 Å². The minimum absolute atomic E-state index is 0.191. The molecule has 0 bridgehead atoms. The highest BCUT2D eigenvalue weighted by Gasteiger charge is 2.11. The molecule has 1 aromatic heterocycles. The van der Waals surface area contributed by atoms with Gasteiger partial charge in [0, 0.05) is 5.56 Å². The Labute approximate surface area is 110 Å². The molecule has 1 amide bonds. The van der Waals surface area contributed by atoms with Gasteiger partial charge in [-0.25, -0.2) is 4.98 Å². The molecule has 0 saturated carbocycles. The van der Waals surface area contributed by atoms with Gasteiger partial charge in [0.15, 0.2) is 0 Å². The number of nitrogens with zero attached hydrogens (tertiary/aromatic N) is 1. The van der Waals surface area contributed by atoms with E-state index in [1.807, 2.05) is 19.1 Å². The van der Waals surface area contributed by atoms with Crippen molar-refractivity contribution in [1.82, 2.24) is 9.97 Å². The highest BCUT2D eigenvalue weighted by Crippen LogP contribution is 2.09. The fourth-order valence-corrected chi connectivity index (χ4v) is 1.76. The van der Waals surface area contributed by atoms with Crippen LogP contribution in [0.15, 0.2) is 29.1 Å². The Morgan fingerprint density at radius 3 is 2.37 bits per heavy atom. The molecule has 5 heteroatoms. The summed E-state index contributed by atoms with van der Waals surface area (Å²) in [7, 11) is 0. The SMILES string of the molecule is Cc1ccc(C(=O)Nc2c(C)nc(C)[nH]c2=O)cc1. The van der Waals surface area contributed by atoms with Crippen LogP contribution < -0.4 is 10.9 Å². The van der Waals surface area contributed by atoms with Gasteiger partial charge in [-0.15, -0.1) is 0 Å². The van der Waals surface area contributed by atoms with Gasteiger partial charge in [-0.05, 0) is 32.9 Å². The predicted octanol–water partition coefficient (Wildman–Crippen LogP) is 1.95. The second-order valence-electron chi connectivity index (χ2n) is 4.43. The van der Waals surface area contributed by atoms with Crippen molar-refractivity contribution >= 4 is 11.6 Å². The van der Waals surface area contributed by atoms with Crippen LogP contribution >= 0.6 is 0 Å². The number of carbonyl (C=O) groups is 1. The highest BCUT2D eigenvalue weighted by molar-refractivity contribution is 6.04. The quantitative estimate of drug-likeness (QED) is 0.863. The Balaban J connectivity index is 2.29. The highest BCUT2D eigenvalue weighted by atomic mass is 16.2. The van der Waals surface area contributed by atoms with E-state index < -0.39 is 0 Å². The molecule has 1 aromatic carbocycles. The molecule has 0 spiro atoms. The Morgan fingerprint density at radius 2 is 1.79 bits per heavy atom. The second-order valence-corrected chi connectivity index (χ2v) is 4.43. The zero-order chi connectivity index (χ0) is 14.0. The van der Waals surface area contributed by atoms with Gasteiger partial charge >= 0.3 is 0 Å². The lowest BCUT2D eigenvalue weighted by Crippen LogP contribution is -2.22. The third kappa shape index (κ3) is 2.88. The van der Waals surface area contributed by atoms with Crippen molar-refractivity contribution in [1.29, 1.82) is 0 Å². The van der Waals surface area contributed by atoms with E-state index in [4.69, 9.17) is 0 Å². The maximum absolute atomic E-state index is 12.0. The monoisotopic (exact) mass is 257 g/mol. The van der Waals surface area contributed by atoms with Crippen molar-refractivity contribution in [2.24, 2.45) is 0 Å². The van der Waals surface area contributed by atoms with Gasteiger partial charge in [0.05, 0.1) is 5.69 Å². The van der Waals surface area contributed by atoms with Crippen molar-refractivity contribution in [3.8, 4) is 0 Å². The van der Waals surface area contributed by atoms with Crippen molar-refractivity contribution in [2.75, 3.05) is 5.32 Å². The first-order chi connectivity index (χ1) is 8.97. The van der Waals surface area contributed by atoms with E-state index >= 15 is 0 Å². The molecule has 2 aromatic rings. The number of aromatic nitrogens is 2. The summed E-state index contributed by atoms with van der Waals surface area (Å²) in [6, 6.07) is 7.13. The number of aromatic amines is 1. The van der Waals surface area contributed by atoms with Crippen LogP contribution in [0.4, 0.5) is 5.69 Å². The number of amides is 1. The molecule has 2 rings (SSSR count). The van der Waals surface area contributed by atoms with Gasteiger partial charge in [0.25, 0.3) is 11.5 Å². The molecule has 19 heavy (non-hydrogen) atoms. The fraction of sp³-hybridized carbons (Fsp3) is 0.214. The molecule has 0 atom stereocenters. The molecule has 1 heterocycles. The first-order valence-electron chi connectivity index (χ1n) is 5.93. The number of hydrogen-bond donors (Lipinski definition) is 2. The molecule has 98 valence electrons. The van der Waals surface area contributed by atoms with Crippen molar-refractivity contribution < 1.29 is 4.79 Å². The summed E-state index contributed by atoms with van der Waals surface area (Å²) in [5.74, 6) is 0.204. The molecule has 0 fully saturated rings. The summed E-state index contributed by atoms with van der Waals surface area (Å²) < 4.78 is 0. The second kappa shape index (κ2) is 5.06.